The van der Waals surface area contributed by atoms with E-state index in [0.717, 1.165) is 28.0 Å². The summed E-state index contributed by atoms with van der Waals surface area (Å²) < 4.78 is 12.4. The molecule has 144 valence electrons. The van der Waals surface area contributed by atoms with E-state index in [9.17, 15) is 4.79 Å². The van der Waals surface area contributed by atoms with Gasteiger partial charge in [-0.2, -0.15) is 5.10 Å². The first kappa shape index (κ1) is 17.2. The van der Waals surface area contributed by atoms with Crippen molar-refractivity contribution in [3.05, 3.63) is 71.9 Å². The van der Waals surface area contributed by atoms with Gasteiger partial charge in [-0.3, -0.25) is 9.48 Å². The van der Waals surface area contributed by atoms with Gasteiger partial charge in [0.2, 0.25) is 6.79 Å². The van der Waals surface area contributed by atoms with Gasteiger partial charge in [0, 0.05) is 19.2 Å². The van der Waals surface area contributed by atoms with Crippen LogP contribution in [0.15, 0.2) is 60.8 Å². The van der Waals surface area contributed by atoms with Crippen LogP contribution in [0.1, 0.15) is 15.9 Å². The predicted octanol–water partition coefficient (Wildman–Crippen LogP) is 3.29. The molecule has 0 bridgehead atoms. The van der Waals surface area contributed by atoms with Crippen molar-refractivity contribution in [2.24, 2.45) is 7.05 Å². The van der Waals surface area contributed by atoms with Gasteiger partial charge in [0.05, 0.1) is 22.8 Å². The highest BCUT2D eigenvalue weighted by atomic mass is 16.7. The molecule has 0 aliphatic carbocycles. The highest BCUT2D eigenvalue weighted by molar-refractivity contribution is 6.06. The van der Waals surface area contributed by atoms with Crippen molar-refractivity contribution >= 4 is 16.9 Å². The van der Waals surface area contributed by atoms with Crippen LogP contribution in [0, 0.1) is 0 Å². The molecule has 29 heavy (non-hydrogen) atoms. The highest BCUT2D eigenvalue weighted by Gasteiger charge is 2.17. The standard InChI is InChI=1S/C22H18N4O3/c1-26-21-17(12-24-26)16(10-18(25-21)15-5-3-2-4-6-15)22(27)23-11-14-7-8-19-20(9-14)29-13-28-19/h2-10,12H,11,13H2,1H3,(H,23,27). The number of aromatic nitrogens is 3. The van der Waals surface area contributed by atoms with Gasteiger partial charge in [-0.05, 0) is 23.8 Å². The van der Waals surface area contributed by atoms with Crippen LogP contribution in [0.3, 0.4) is 0 Å². The molecule has 0 unspecified atom stereocenters. The van der Waals surface area contributed by atoms with Crippen molar-refractivity contribution in [1.82, 2.24) is 20.1 Å². The van der Waals surface area contributed by atoms with E-state index in [2.05, 4.69) is 10.4 Å². The van der Waals surface area contributed by atoms with E-state index in [1.807, 2.05) is 61.6 Å². The lowest BCUT2D eigenvalue weighted by molar-refractivity contribution is 0.0952. The summed E-state index contributed by atoms with van der Waals surface area (Å²) in [5, 5.41) is 7.98. The van der Waals surface area contributed by atoms with Crippen LogP contribution in [-0.2, 0) is 13.6 Å². The molecule has 0 saturated carbocycles. The zero-order valence-corrected chi connectivity index (χ0v) is 15.8. The average Bonchev–Trinajstić information content (AvgIpc) is 3.38. The zero-order chi connectivity index (χ0) is 19.8. The Hall–Kier alpha value is -3.87. The molecule has 5 rings (SSSR count). The lowest BCUT2D eigenvalue weighted by atomic mass is 10.1. The molecule has 7 nitrogen and oxygen atoms in total. The van der Waals surface area contributed by atoms with Gasteiger partial charge in [0.15, 0.2) is 17.1 Å². The highest BCUT2D eigenvalue weighted by Crippen LogP contribution is 2.32. The van der Waals surface area contributed by atoms with Crippen molar-refractivity contribution in [3.8, 4) is 22.8 Å². The first-order chi connectivity index (χ1) is 14.2. The Morgan fingerprint density at radius 3 is 2.79 bits per heavy atom. The summed E-state index contributed by atoms with van der Waals surface area (Å²) in [4.78, 5) is 17.7. The number of fused-ring (bicyclic) bond motifs is 2. The first-order valence-electron chi connectivity index (χ1n) is 9.24. The van der Waals surface area contributed by atoms with Gasteiger partial charge in [-0.25, -0.2) is 4.98 Å². The maximum Gasteiger partial charge on any atom is 0.252 e. The molecule has 2 aromatic heterocycles. The third-order valence-electron chi connectivity index (χ3n) is 4.91. The minimum atomic E-state index is -0.180. The number of nitrogens with one attached hydrogen (secondary N) is 1. The van der Waals surface area contributed by atoms with Gasteiger partial charge < -0.3 is 14.8 Å². The minimum Gasteiger partial charge on any atom is -0.454 e. The average molecular weight is 386 g/mol. The van der Waals surface area contributed by atoms with Crippen LogP contribution in [-0.4, -0.2) is 27.5 Å². The fraction of sp³-hybridized carbons (Fsp3) is 0.136. The summed E-state index contributed by atoms with van der Waals surface area (Å²) >= 11 is 0. The number of pyridine rings is 1. The Morgan fingerprint density at radius 2 is 1.93 bits per heavy atom. The third-order valence-corrected chi connectivity index (χ3v) is 4.91. The summed E-state index contributed by atoms with van der Waals surface area (Å²) in [6.07, 6.45) is 1.67. The van der Waals surface area contributed by atoms with E-state index in [1.165, 1.54) is 0 Å². The van der Waals surface area contributed by atoms with Crippen molar-refractivity contribution in [3.63, 3.8) is 0 Å². The topological polar surface area (TPSA) is 78.3 Å². The molecule has 0 spiro atoms. The van der Waals surface area contributed by atoms with Crippen molar-refractivity contribution in [1.29, 1.82) is 0 Å². The van der Waals surface area contributed by atoms with E-state index < -0.39 is 0 Å². The fourth-order valence-corrected chi connectivity index (χ4v) is 3.39. The van der Waals surface area contributed by atoms with E-state index in [0.29, 0.717) is 23.5 Å². The Morgan fingerprint density at radius 1 is 1.10 bits per heavy atom. The largest absolute Gasteiger partial charge is 0.454 e. The lowest BCUT2D eigenvalue weighted by Gasteiger charge is -2.09. The molecule has 1 amide bonds. The molecule has 0 fully saturated rings. The van der Waals surface area contributed by atoms with E-state index in [-0.39, 0.29) is 12.7 Å². The Labute approximate surface area is 166 Å². The molecule has 1 aliphatic rings. The van der Waals surface area contributed by atoms with Crippen molar-refractivity contribution in [2.75, 3.05) is 6.79 Å². The Balaban J connectivity index is 1.46. The lowest BCUT2D eigenvalue weighted by Crippen LogP contribution is -2.23. The molecule has 1 aliphatic heterocycles. The number of rotatable bonds is 4. The third kappa shape index (κ3) is 3.16. The second kappa shape index (κ2) is 6.94. The molecule has 0 saturated heterocycles. The second-order valence-electron chi connectivity index (χ2n) is 6.80. The monoisotopic (exact) mass is 386 g/mol. The van der Waals surface area contributed by atoms with Crippen LogP contribution in [0.4, 0.5) is 0 Å². The predicted molar refractivity (Wildman–Crippen MR) is 108 cm³/mol. The number of hydrogen-bond donors (Lipinski definition) is 1. The Bertz CT molecular complexity index is 1220. The van der Waals surface area contributed by atoms with Gasteiger partial charge in [0.1, 0.15) is 0 Å². The molecule has 1 N–H and O–H groups in total. The van der Waals surface area contributed by atoms with E-state index in [1.54, 1.807) is 10.9 Å². The maximum atomic E-state index is 13.0. The molecule has 3 heterocycles. The van der Waals surface area contributed by atoms with Crippen molar-refractivity contribution < 1.29 is 14.3 Å². The Kier molecular flexibility index (Phi) is 4.13. The van der Waals surface area contributed by atoms with E-state index >= 15 is 0 Å². The number of carbonyl (C=O) groups is 1. The number of ether oxygens (including phenoxy) is 2. The zero-order valence-electron chi connectivity index (χ0n) is 15.8. The van der Waals surface area contributed by atoms with Crippen LogP contribution in [0.2, 0.25) is 0 Å². The summed E-state index contributed by atoms with van der Waals surface area (Å²) in [6, 6.07) is 17.2. The first-order valence-corrected chi connectivity index (χ1v) is 9.24. The minimum absolute atomic E-state index is 0.180. The van der Waals surface area contributed by atoms with Crippen molar-refractivity contribution in [2.45, 2.75) is 6.54 Å². The number of carbonyl (C=O) groups excluding carboxylic acids is 1. The quantitative estimate of drug-likeness (QED) is 0.582. The van der Waals surface area contributed by atoms with Gasteiger partial charge in [-0.15, -0.1) is 0 Å². The summed E-state index contributed by atoms with van der Waals surface area (Å²) in [5.74, 6) is 1.24. The van der Waals surface area contributed by atoms with Gasteiger partial charge in [0.25, 0.3) is 5.91 Å². The fourth-order valence-electron chi connectivity index (χ4n) is 3.39. The normalized spacial score (nSPS) is 12.3. The van der Waals surface area contributed by atoms with Crippen LogP contribution >= 0.6 is 0 Å². The molecular formula is C22H18N4O3. The van der Waals surface area contributed by atoms with Gasteiger partial charge in [-0.1, -0.05) is 36.4 Å². The molecule has 4 aromatic rings. The van der Waals surface area contributed by atoms with Crippen LogP contribution in [0.25, 0.3) is 22.3 Å². The number of benzene rings is 2. The van der Waals surface area contributed by atoms with Crippen LogP contribution in [0.5, 0.6) is 11.5 Å². The SMILES string of the molecule is Cn1ncc2c(C(=O)NCc3ccc4c(c3)OCO4)cc(-c3ccccc3)nc21. The smallest absolute Gasteiger partial charge is 0.252 e. The number of amides is 1. The van der Waals surface area contributed by atoms with Crippen LogP contribution < -0.4 is 14.8 Å². The number of hydrogen-bond acceptors (Lipinski definition) is 5. The number of aryl methyl sites for hydroxylation is 1. The number of nitrogens with zero attached hydrogens (tertiary/aromatic N) is 3. The van der Waals surface area contributed by atoms with E-state index in [4.69, 9.17) is 14.5 Å². The summed E-state index contributed by atoms with van der Waals surface area (Å²) in [5.41, 5.74) is 3.82. The maximum absolute atomic E-state index is 13.0. The molecule has 0 atom stereocenters. The summed E-state index contributed by atoms with van der Waals surface area (Å²) in [6.45, 7) is 0.601. The summed E-state index contributed by atoms with van der Waals surface area (Å²) in [7, 11) is 1.82. The molecular weight excluding hydrogens is 368 g/mol. The molecule has 2 aromatic carbocycles. The second-order valence-corrected chi connectivity index (χ2v) is 6.80. The molecule has 0 radical (unpaired) electrons. The van der Waals surface area contributed by atoms with Gasteiger partial charge >= 0.3 is 0 Å². The molecule has 7 heteroatoms.